The molecule has 0 saturated heterocycles. The lowest BCUT2D eigenvalue weighted by Crippen LogP contribution is -2.41. The Bertz CT molecular complexity index is 843. The van der Waals surface area contributed by atoms with E-state index in [4.69, 9.17) is 4.74 Å². The van der Waals surface area contributed by atoms with E-state index in [0.29, 0.717) is 40.6 Å². The van der Waals surface area contributed by atoms with E-state index in [-0.39, 0.29) is 18.4 Å². The van der Waals surface area contributed by atoms with Crippen molar-refractivity contribution in [1.29, 1.82) is 0 Å². The van der Waals surface area contributed by atoms with Crippen molar-refractivity contribution in [2.45, 2.75) is 38.5 Å². The number of fused-ring (bicyclic) bond motifs is 1. The molecule has 1 heterocycles. The number of hydrogen-bond acceptors (Lipinski definition) is 8. The van der Waals surface area contributed by atoms with Crippen LogP contribution in [0.2, 0.25) is 0 Å². The highest BCUT2D eigenvalue weighted by molar-refractivity contribution is 5.80. The average molecular weight is 402 g/mol. The quantitative estimate of drug-likeness (QED) is 0.329. The second-order valence-corrected chi connectivity index (χ2v) is 7.27. The van der Waals surface area contributed by atoms with Crippen LogP contribution in [0.4, 0.5) is 5.95 Å². The molecule has 2 aromatic rings. The molecule has 1 aliphatic rings. The van der Waals surface area contributed by atoms with Gasteiger partial charge >= 0.3 is 0 Å². The Labute approximate surface area is 168 Å². The van der Waals surface area contributed by atoms with Gasteiger partial charge in [0.25, 0.3) is 5.95 Å². The van der Waals surface area contributed by atoms with Crippen molar-refractivity contribution in [1.82, 2.24) is 25.7 Å². The van der Waals surface area contributed by atoms with Crippen LogP contribution in [0.3, 0.4) is 0 Å². The number of carbonyl (C=O) groups is 2. The number of benzene rings is 1. The fourth-order valence-corrected chi connectivity index (χ4v) is 3.67. The van der Waals surface area contributed by atoms with Crippen molar-refractivity contribution in [3.8, 4) is 5.75 Å². The van der Waals surface area contributed by atoms with E-state index >= 15 is 0 Å². The number of ether oxygens (including phenoxy) is 1. The summed E-state index contributed by atoms with van der Waals surface area (Å²) in [5.74, 6) is 0.321. The Hall–Kier alpha value is -3.01. The molecule has 0 radical (unpaired) electrons. The second kappa shape index (κ2) is 9.97. The molecule has 2 amide bonds. The SMILES string of the molecule is COc1ccc2nc(NNC(=O)[C@@H](CC3CCCCC3)CN(O)C=O)nnc2c1. The minimum absolute atomic E-state index is 0.0653. The van der Waals surface area contributed by atoms with Gasteiger partial charge in [-0.1, -0.05) is 32.1 Å². The summed E-state index contributed by atoms with van der Waals surface area (Å²) < 4.78 is 5.14. The molecule has 0 aliphatic heterocycles. The van der Waals surface area contributed by atoms with E-state index in [1.165, 1.54) is 6.42 Å². The Balaban J connectivity index is 1.63. The fourth-order valence-electron chi connectivity index (χ4n) is 3.67. The first kappa shape index (κ1) is 20.7. The van der Waals surface area contributed by atoms with Crippen molar-refractivity contribution in [3.63, 3.8) is 0 Å². The van der Waals surface area contributed by atoms with Gasteiger partial charge in [-0.25, -0.2) is 10.0 Å². The summed E-state index contributed by atoms with van der Waals surface area (Å²) in [6.45, 7) is -0.0653. The molecule has 29 heavy (non-hydrogen) atoms. The lowest BCUT2D eigenvalue weighted by molar-refractivity contribution is -0.155. The molecule has 1 fully saturated rings. The minimum atomic E-state index is -0.543. The van der Waals surface area contributed by atoms with E-state index in [0.717, 1.165) is 25.7 Å². The maximum atomic E-state index is 12.7. The predicted molar refractivity (Wildman–Crippen MR) is 105 cm³/mol. The highest BCUT2D eigenvalue weighted by Gasteiger charge is 2.26. The zero-order chi connectivity index (χ0) is 20.6. The van der Waals surface area contributed by atoms with Crippen LogP contribution in [-0.2, 0) is 9.59 Å². The topological polar surface area (TPSA) is 130 Å². The van der Waals surface area contributed by atoms with Gasteiger partial charge in [-0.05, 0) is 24.5 Å². The van der Waals surface area contributed by atoms with Crippen molar-refractivity contribution in [3.05, 3.63) is 18.2 Å². The third-order valence-electron chi connectivity index (χ3n) is 5.20. The Kier molecular flexibility index (Phi) is 7.12. The second-order valence-electron chi connectivity index (χ2n) is 7.27. The smallest absolute Gasteiger partial charge is 0.262 e. The van der Waals surface area contributed by atoms with Crippen molar-refractivity contribution in [2.24, 2.45) is 11.8 Å². The third kappa shape index (κ3) is 5.74. The molecular formula is C19H26N6O4. The van der Waals surface area contributed by atoms with Crippen molar-refractivity contribution >= 4 is 29.3 Å². The normalized spacial score (nSPS) is 15.5. The monoisotopic (exact) mass is 402 g/mol. The molecular weight excluding hydrogens is 376 g/mol. The molecule has 1 aliphatic carbocycles. The van der Waals surface area contributed by atoms with Crippen LogP contribution in [0.25, 0.3) is 11.0 Å². The highest BCUT2D eigenvalue weighted by atomic mass is 16.5. The molecule has 1 aromatic carbocycles. The van der Waals surface area contributed by atoms with E-state index in [2.05, 4.69) is 26.0 Å². The lowest BCUT2D eigenvalue weighted by Gasteiger charge is -2.27. The van der Waals surface area contributed by atoms with Gasteiger partial charge < -0.3 is 4.74 Å². The van der Waals surface area contributed by atoms with Gasteiger partial charge in [0, 0.05) is 6.07 Å². The van der Waals surface area contributed by atoms with Crippen LogP contribution in [0.1, 0.15) is 38.5 Å². The molecule has 3 rings (SSSR count). The number of hydroxylamine groups is 2. The molecule has 10 nitrogen and oxygen atoms in total. The Morgan fingerprint density at radius 1 is 1.31 bits per heavy atom. The first-order chi connectivity index (χ1) is 14.1. The number of methoxy groups -OCH3 is 1. The summed E-state index contributed by atoms with van der Waals surface area (Å²) in [6.07, 6.45) is 6.54. The van der Waals surface area contributed by atoms with Crippen molar-refractivity contribution < 1.29 is 19.5 Å². The van der Waals surface area contributed by atoms with Gasteiger partial charge in [0.05, 0.1) is 25.1 Å². The van der Waals surface area contributed by atoms with Gasteiger partial charge in [-0.2, -0.15) is 0 Å². The number of carbonyl (C=O) groups excluding carboxylic acids is 2. The van der Waals surface area contributed by atoms with Crippen molar-refractivity contribution in [2.75, 3.05) is 19.1 Å². The fraction of sp³-hybridized carbons (Fsp3) is 0.526. The zero-order valence-electron chi connectivity index (χ0n) is 16.4. The first-order valence-electron chi connectivity index (χ1n) is 9.74. The Morgan fingerprint density at radius 2 is 2.10 bits per heavy atom. The number of hydrazine groups is 1. The number of aromatic nitrogens is 3. The van der Waals surface area contributed by atoms with Crippen LogP contribution in [0.15, 0.2) is 18.2 Å². The van der Waals surface area contributed by atoms with Gasteiger partial charge in [0.1, 0.15) is 11.3 Å². The summed E-state index contributed by atoms with van der Waals surface area (Å²) in [4.78, 5) is 27.8. The molecule has 3 N–H and O–H groups in total. The predicted octanol–water partition coefficient (Wildman–Crippen LogP) is 1.91. The molecule has 1 aromatic heterocycles. The summed E-state index contributed by atoms with van der Waals surface area (Å²) in [7, 11) is 1.56. The van der Waals surface area contributed by atoms with Gasteiger partial charge in [0.15, 0.2) is 0 Å². The molecule has 10 heteroatoms. The maximum absolute atomic E-state index is 12.7. The van der Waals surface area contributed by atoms with Crippen LogP contribution in [0.5, 0.6) is 5.75 Å². The highest BCUT2D eigenvalue weighted by Crippen LogP contribution is 2.29. The molecule has 156 valence electrons. The number of amides is 2. The summed E-state index contributed by atoms with van der Waals surface area (Å²) in [5.41, 5.74) is 6.41. The van der Waals surface area contributed by atoms with E-state index in [1.807, 2.05) is 0 Å². The number of rotatable bonds is 9. The number of nitrogens with zero attached hydrogens (tertiary/aromatic N) is 4. The molecule has 0 bridgehead atoms. The minimum Gasteiger partial charge on any atom is -0.497 e. The van der Waals surface area contributed by atoms with E-state index in [9.17, 15) is 14.8 Å². The average Bonchev–Trinajstić information content (AvgIpc) is 2.77. The van der Waals surface area contributed by atoms with Gasteiger partial charge in [0.2, 0.25) is 12.3 Å². The van der Waals surface area contributed by atoms with Crippen LogP contribution in [-0.4, -0.2) is 51.4 Å². The molecule has 1 atom stereocenters. The third-order valence-corrected chi connectivity index (χ3v) is 5.20. The zero-order valence-corrected chi connectivity index (χ0v) is 16.4. The van der Waals surface area contributed by atoms with E-state index < -0.39 is 5.92 Å². The summed E-state index contributed by atoms with van der Waals surface area (Å²) in [6, 6.07) is 5.22. The molecule has 0 spiro atoms. The van der Waals surface area contributed by atoms with Gasteiger partial charge in [-0.3, -0.25) is 25.6 Å². The largest absolute Gasteiger partial charge is 0.497 e. The van der Waals surface area contributed by atoms with Gasteiger partial charge in [-0.15, -0.1) is 10.2 Å². The van der Waals surface area contributed by atoms with Crippen LogP contribution >= 0.6 is 0 Å². The lowest BCUT2D eigenvalue weighted by atomic mass is 9.82. The Morgan fingerprint density at radius 3 is 2.83 bits per heavy atom. The number of nitrogens with one attached hydrogen (secondary N) is 2. The number of hydrogen-bond donors (Lipinski definition) is 3. The number of anilines is 1. The first-order valence-corrected chi connectivity index (χ1v) is 9.74. The van der Waals surface area contributed by atoms with E-state index in [1.54, 1.807) is 25.3 Å². The maximum Gasteiger partial charge on any atom is 0.262 e. The molecule has 0 unspecified atom stereocenters. The molecule has 1 saturated carbocycles. The summed E-state index contributed by atoms with van der Waals surface area (Å²) in [5, 5.41) is 18.1. The summed E-state index contributed by atoms with van der Waals surface area (Å²) >= 11 is 0. The standard InChI is InChI=1S/C19H26N6O4/c1-29-15-7-8-16-17(10-15)21-23-19(20-16)24-22-18(27)14(11-25(28)12-26)9-13-5-3-2-4-6-13/h7-8,10,12-14,28H,2-6,9,11H2,1H3,(H,22,27)(H,20,23,24)/t14-/m0/s1. The van der Waals surface area contributed by atoms with Crippen LogP contribution in [0, 0.1) is 11.8 Å². The van der Waals surface area contributed by atoms with Crippen LogP contribution < -0.4 is 15.6 Å².